The van der Waals surface area contributed by atoms with E-state index in [0.29, 0.717) is 31.3 Å². The maximum Gasteiger partial charge on any atom is 0.224 e. The van der Waals surface area contributed by atoms with E-state index in [0.717, 1.165) is 0 Å². The van der Waals surface area contributed by atoms with Crippen LogP contribution in [0, 0.1) is 0 Å². The number of anilines is 1. The molecule has 1 fully saturated rings. The minimum atomic E-state index is -3.32. The molecular formula is C14H22ClN3O3S. The largest absolute Gasteiger partial charge is 0.377 e. The van der Waals surface area contributed by atoms with Gasteiger partial charge in [0.15, 0.2) is 9.84 Å². The van der Waals surface area contributed by atoms with Crippen LogP contribution >= 0.6 is 11.6 Å². The first-order valence-electron chi connectivity index (χ1n) is 7.20. The highest BCUT2D eigenvalue weighted by Gasteiger charge is 2.30. The molecule has 22 heavy (non-hydrogen) atoms. The Kier molecular flexibility index (Phi) is 4.99. The van der Waals surface area contributed by atoms with Gasteiger partial charge >= 0.3 is 0 Å². The molecule has 1 aromatic heterocycles. The summed E-state index contributed by atoms with van der Waals surface area (Å²) >= 11 is 5.99. The predicted molar refractivity (Wildman–Crippen MR) is 87.0 cm³/mol. The van der Waals surface area contributed by atoms with Gasteiger partial charge in [-0.1, -0.05) is 0 Å². The molecule has 0 aromatic carbocycles. The van der Waals surface area contributed by atoms with Crippen LogP contribution in [0.5, 0.6) is 0 Å². The number of ether oxygens (including phenoxy) is 1. The molecule has 1 atom stereocenters. The molecule has 0 bridgehead atoms. The lowest BCUT2D eigenvalue weighted by Gasteiger charge is -2.34. The summed E-state index contributed by atoms with van der Waals surface area (Å²) in [5.41, 5.74) is 0.420. The number of morpholine rings is 1. The van der Waals surface area contributed by atoms with Crippen molar-refractivity contribution in [1.29, 1.82) is 0 Å². The average Bonchev–Trinajstić information content (AvgIpc) is 2.36. The fourth-order valence-corrected chi connectivity index (χ4v) is 3.32. The molecule has 0 radical (unpaired) electrons. The van der Waals surface area contributed by atoms with Gasteiger partial charge < -0.3 is 9.64 Å². The second kappa shape index (κ2) is 6.29. The lowest BCUT2D eigenvalue weighted by molar-refractivity contribution is 0.0985. The average molecular weight is 348 g/mol. The number of hydrogen-bond donors (Lipinski definition) is 0. The molecule has 2 heterocycles. The van der Waals surface area contributed by atoms with Crippen LogP contribution in [0.1, 0.15) is 33.4 Å². The zero-order valence-electron chi connectivity index (χ0n) is 13.3. The van der Waals surface area contributed by atoms with Crippen molar-refractivity contribution in [2.75, 3.05) is 24.7 Å². The Hall–Kier alpha value is -0.920. The summed E-state index contributed by atoms with van der Waals surface area (Å²) in [6.45, 7) is 8.97. The predicted octanol–water partition coefficient (Wildman–Crippen LogP) is 2.07. The highest BCUT2D eigenvalue weighted by molar-refractivity contribution is 7.91. The topological polar surface area (TPSA) is 72.4 Å². The molecular weight excluding hydrogens is 326 g/mol. The number of hydrogen-bond acceptors (Lipinski definition) is 6. The lowest BCUT2D eigenvalue weighted by Crippen LogP contribution is -2.44. The summed E-state index contributed by atoms with van der Waals surface area (Å²) in [5, 5.41) is 0.0651. The Morgan fingerprint density at radius 2 is 2.09 bits per heavy atom. The van der Waals surface area contributed by atoms with Crippen molar-refractivity contribution in [1.82, 2.24) is 9.97 Å². The van der Waals surface area contributed by atoms with E-state index in [2.05, 4.69) is 14.9 Å². The van der Waals surface area contributed by atoms with E-state index in [4.69, 9.17) is 16.3 Å². The normalized spacial score (nSPS) is 20.2. The minimum Gasteiger partial charge on any atom is -0.377 e. The minimum absolute atomic E-state index is 0.0651. The first-order chi connectivity index (χ1) is 10.1. The number of nitrogens with zero attached hydrogens (tertiary/aromatic N) is 3. The van der Waals surface area contributed by atoms with E-state index < -0.39 is 14.6 Å². The highest BCUT2D eigenvalue weighted by Crippen LogP contribution is 2.24. The first-order valence-corrected chi connectivity index (χ1v) is 9.23. The highest BCUT2D eigenvalue weighted by atomic mass is 35.5. The summed E-state index contributed by atoms with van der Waals surface area (Å²) < 4.78 is 29.3. The summed E-state index contributed by atoms with van der Waals surface area (Å²) in [5.74, 6) is 0.500. The molecule has 1 saturated heterocycles. The summed E-state index contributed by atoms with van der Waals surface area (Å²) in [6.07, 6.45) is 0. The van der Waals surface area contributed by atoms with Crippen LogP contribution in [0.2, 0.25) is 5.28 Å². The van der Waals surface area contributed by atoms with Gasteiger partial charge in [-0.15, -0.1) is 0 Å². The number of aromatic nitrogens is 2. The van der Waals surface area contributed by atoms with Crippen molar-refractivity contribution in [3.63, 3.8) is 0 Å². The lowest BCUT2D eigenvalue weighted by atomic mass is 10.2. The third-order valence-electron chi connectivity index (χ3n) is 3.67. The van der Waals surface area contributed by atoms with Crippen molar-refractivity contribution < 1.29 is 13.2 Å². The van der Waals surface area contributed by atoms with Gasteiger partial charge in [0.05, 0.1) is 35.4 Å². The van der Waals surface area contributed by atoms with Gasteiger partial charge in [0.1, 0.15) is 5.82 Å². The molecule has 124 valence electrons. The third kappa shape index (κ3) is 3.88. The van der Waals surface area contributed by atoms with Crippen LogP contribution in [0.15, 0.2) is 6.07 Å². The third-order valence-corrected chi connectivity index (χ3v) is 6.38. The van der Waals surface area contributed by atoms with E-state index in [1.807, 2.05) is 6.92 Å². The standard InChI is InChI=1S/C14H22ClN3O3S/c1-10-8-21-6-5-18(10)12-7-11(16-13(15)17-12)9-22(19,20)14(2,3)4/h7,10H,5-6,8-9H2,1-4H3/t10-/m0/s1. The number of sulfone groups is 1. The van der Waals surface area contributed by atoms with Gasteiger partial charge in [0, 0.05) is 12.6 Å². The van der Waals surface area contributed by atoms with Gasteiger partial charge in [-0.25, -0.2) is 18.4 Å². The van der Waals surface area contributed by atoms with E-state index >= 15 is 0 Å². The molecule has 1 aliphatic rings. The maximum absolute atomic E-state index is 12.3. The Morgan fingerprint density at radius 1 is 1.41 bits per heavy atom. The molecule has 0 N–H and O–H groups in total. The van der Waals surface area contributed by atoms with Gasteiger partial charge in [-0.3, -0.25) is 0 Å². The Bertz CT molecular complexity index is 643. The van der Waals surface area contributed by atoms with Crippen LogP contribution in [0.4, 0.5) is 5.82 Å². The molecule has 8 heteroatoms. The van der Waals surface area contributed by atoms with Crippen molar-refractivity contribution in [3.05, 3.63) is 17.0 Å². The molecule has 0 spiro atoms. The molecule has 6 nitrogen and oxygen atoms in total. The molecule has 1 aliphatic heterocycles. The van der Waals surface area contributed by atoms with Gasteiger partial charge in [-0.2, -0.15) is 0 Å². The van der Waals surface area contributed by atoms with Gasteiger partial charge in [-0.05, 0) is 39.3 Å². The van der Waals surface area contributed by atoms with E-state index in [1.165, 1.54) is 0 Å². The van der Waals surface area contributed by atoms with Crippen molar-refractivity contribution >= 4 is 27.3 Å². The van der Waals surface area contributed by atoms with E-state index in [1.54, 1.807) is 26.8 Å². The van der Waals surface area contributed by atoms with Gasteiger partial charge in [0.25, 0.3) is 0 Å². The number of halogens is 1. The summed E-state index contributed by atoms with van der Waals surface area (Å²) in [7, 11) is -3.32. The van der Waals surface area contributed by atoms with Crippen molar-refractivity contribution in [2.24, 2.45) is 0 Å². The van der Waals surface area contributed by atoms with Crippen LogP contribution in [-0.4, -0.2) is 48.9 Å². The number of rotatable bonds is 3. The van der Waals surface area contributed by atoms with Crippen molar-refractivity contribution in [2.45, 2.75) is 44.2 Å². The van der Waals surface area contributed by atoms with Crippen LogP contribution in [-0.2, 0) is 20.3 Å². The van der Waals surface area contributed by atoms with Crippen LogP contribution < -0.4 is 4.90 Å². The fraction of sp³-hybridized carbons (Fsp3) is 0.714. The smallest absolute Gasteiger partial charge is 0.224 e. The van der Waals surface area contributed by atoms with Crippen molar-refractivity contribution in [3.8, 4) is 0 Å². The van der Waals surface area contributed by atoms with Crippen LogP contribution in [0.3, 0.4) is 0 Å². The molecule has 0 aliphatic carbocycles. The SMILES string of the molecule is C[C@H]1COCCN1c1cc(CS(=O)(=O)C(C)(C)C)nc(Cl)n1. The molecule has 0 amide bonds. The zero-order valence-corrected chi connectivity index (χ0v) is 14.9. The van der Waals surface area contributed by atoms with E-state index in [-0.39, 0.29) is 17.1 Å². The van der Waals surface area contributed by atoms with E-state index in [9.17, 15) is 8.42 Å². The Balaban J connectivity index is 2.31. The second-order valence-corrected chi connectivity index (χ2v) is 9.56. The second-order valence-electron chi connectivity index (χ2n) is 6.48. The summed E-state index contributed by atoms with van der Waals surface area (Å²) in [6, 6.07) is 1.86. The quantitative estimate of drug-likeness (QED) is 0.779. The fourth-order valence-electron chi connectivity index (χ4n) is 2.15. The monoisotopic (exact) mass is 347 g/mol. The first kappa shape index (κ1) is 17.4. The molecule has 1 aromatic rings. The maximum atomic E-state index is 12.3. The summed E-state index contributed by atoms with van der Waals surface area (Å²) in [4.78, 5) is 10.4. The Morgan fingerprint density at radius 3 is 2.68 bits per heavy atom. The Labute approximate surface area is 136 Å². The molecule has 0 saturated carbocycles. The zero-order chi connectivity index (χ0) is 16.5. The van der Waals surface area contributed by atoms with Crippen LogP contribution in [0.25, 0.3) is 0 Å². The molecule has 0 unspecified atom stereocenters. The molecule has 2 rings (SSSR count). The van der Waals surface area contributed by atoms with Gasteiger partial charge in [0.2, 0.25) is 5.28 Å².